The summed E-state index contributed by atoms with van der Waals surface area (Å²) in [6, 6.07) is 6.94. The molecule has 0 bridgehead atoms. The van der Waals surface area contributed by atoms with Crippen molar-refractivity contribution in [3.05, 3.63) is 35.6 Å². The molecule has 0 aromatic heterocycles. The van der Waals surface area contributed by atoms with Crippen LogP contribution in [0.15, 0.2) is 24.3 Å². The second-order valence-electron chi connectivity index (χ2n) is 4.86. The quantitative estimate of drug-likeness (QED) is 0.830. The molecule has 1 nitrogen and oxygen atoms in total. The van der Waals surface area contributed by atoms with Crippen LogP contribution in [0.4, 0.5) is 4.39 Å². The second-order valence-corrected chi connectivity index (χ2v) is 4.86. The van der Waals surface area contributed by atoms with Crippen LogP contribution in [0, 0.1) is 17.7 Å². The first-order valence-electron chi connectivity index (χ1n) is 6.24. The Bertz CT molecular complexity index is 320. The van der Waals surface area contributed by atoms with E-state index >= 15 is 0 Å². The molecule has 1 aromatic rings. The summed E-state index contributed by atoms with van der Waals surface area (Å²) in [5, 5.41) is 0. The average Bonchev–Trinajstić information content (AvgIpc) is 2.70. The predicted molar refractivity (Wildman–Crippen MR) is 64.6 cm³/mol. The highest BCUT2D eigenvalue weighted by Crippen LogP contribution is 2.36. The number of rotatable bonds is 4. The van der Waals surface area contributed by atoms with Gasteiger partial charge in [0.05, 0.1) is 0 Å². The van der Waals surface area contributed by atoms with Crippen LogP contribution >= 0.6 is 0 Å². The molecule has 2 N–H and O–H groups in total. The zero-order chi connectivity index (χ0) is 11.4. The van der Waals surface area contributed by atoms with Crippen LogP contribution in [-0.2, 0) is 6.42 Å². The smallest absolute Gasteiger partial charge is 0.123 e. The lowest BCUT2D eigenvalue weighted by atomic mass is 9.87. The van der Waals surface area contributed by atoms with Gasteiger partial charge in [-0.25, -0.2) is 4.39 Å². The average molecular weight is 221 g/mol. The van der Waals surface area contributed by atoms with E-state index in [-0.39, 0.29) is 5.82 Å². The molecule has 0 amide bonds. The van der Waals surface area contributed by atoms with Gasteiger partial charge in [-0.1, -0.05) is 25.0 Å². The predicted octanol–water partition coefficient (Wildman–Crippen LogP) is 3.13. The van der Waals surface area contributed by atoms with Crippen molar-refractivity contribution in [2.75, 3.05) is 6.54 Å². The fourth-order valence-corrected chi connectivity index (χ4v) is 2.90. The molecule has 1 aliphatic carbocycles. The molecular weight excluding hydrogens is 201 g/mol. The van der Waals surface area contributed by atoms with Gasteiger partial charge in [-0.3, -0.25) is 0 Å². The summed E-state index contributed by atoms with van der Waals surface area (Å²) in [5.41, 5.74) is 6.89. The van der Waals surface area contributed by atoms with Crippen LogP contribution in [0.2, 0.25) is 0 Å². The van der Waals surface area contributed by atoms with E-state index in [1.807, 2.05) is 12.1 Å². The minimum Gasteiger partial charge on any atom is -0.330 e. The molecule has 0 radical (unpaired) electrons. The fourth-order valence-electron chi connectivity index (χ4n) is 2.90. The summed E-state index contributed by atoms with van der Waals surface area (Å²) >= 11 is 0. The van der Waals surface area contributed by atoms with Crippen molar-refractivity contribution in [1.29, 1.82) is 0 Å². The van der Waals surface area contributed by atoms with E-state index in [0.717, 1.165) is 31.2 Å². The maximum atomic E-state index is 12.8. The van der Waals surface area contributed by atoms with E-state index in [4.69, 9.17) is 5.73 Å². The molecule has 2 rings (SSSR count). The molecular formula is C14H20FN. The molecule has 0 saturated heterocycles. The van der Waals surface area contributed by atoms with Crippen molar-refractivity contribution >= 4 is 0 Å². The Morgan fingerprint density at radius 3 is 2.50 bits per heavy atom. The van der Waals surface area contributed by atoms with Gasteiger partial charge in [0.15, 0.2) is 0 Å². The van der Waals surface area contributed by atoms with E-state index in [9.17, 15) is 4.39 Å². The van der Waals surface area contributed by atoms with E-state index in [0.29, 0.717) is 0 Å². The highest BCUT2D eigenvalue weighted by molar-refractivity contribution is 5.17. The molecule has 88 valence electrons. The molecule has 16 heavy (non-hydrogen) atoms. The minimum absolute atomic E-state index is 0.145. The van der Waals surface area contributed by atoms with Gasteiger partial charge in [-0.2, -0.15) is 0 Å². The third-order valence-electron chi connectivity index (χ3n) is 3.77. The Labute approximate surface area is 96.9 Å². The van der Waals surface area contributed by atoms with Gasteiger partial charge < -0.3 is 5.73 Å². The summed E-state index contributed by atoms with van der Waals surface area (Å²) in [6.07, 6.45) is 6.19. The summed E-state index contributed by atoms with van der Waals surface area (Å²) in [7, 11) is 0. The van der Waals surface area contributed by atoms with Gasteiger partial charge in [0.1, 0.15) is 5.82 Å². The second kappa shape index (κ2) is 5.44. The number of hydrogen-bond donors (Lipinski definition) is 1. The Hall–Kier alpha value is -0.890. The van der Waals surface area contributed by atoms with E-state index in [1.165, 1.54) is 24.8 Å². The fraction of sp³-hybridized carbons (Fsp3) is 0.571. The van der Waals surface area contributed by atoms with Crippen LogP contribution in [0.5, 0.6) is 0 Å². The van der Waals surface area contributed by atoms with Gasteiger partial charge in [0.2, 0.25) is 0 Å². The molecule has 1 saturated carbocycles. The topological polar surface area (TPSA) is 26.0 Å². The Kier molecular flexibility index (Phi) is 3.94. The van der Waals surface area contributed by atoms with Crippen molar-refractivity contribution < 1.29 is 4.39 Å². The summed E-state index contributed by atoms with van der Waals surface area (Å²) in [5.74, 6) is 1.40. The van der Waals surface area contributed by atoms with Gasteiger partial charge in [-0.15, -0.1) is 0 Å². The SMILES string of the molecule is NCCC1CCCC1Cc1ccc(F)cc1. The number of benzene rings is 1. The largest absolute Gasteiger partial charge is 0.330 e. The van der Waals surface area contributed by atoms with E-state index in [1.54, 1.807) is 12.1 Å². The highest BCUT2D eigenvalue weighted by atomic mass is 19.1. The summed E-state index contributed by atoms with van der Waals surface area (Å²) in [4.78, 5) is 0. The van der Waals surface area contributed by atoms with Crippen LogP contribution in [0.25, 0.3) is 0 Å². The zero-order valence-corrected chi connectivity index (χ0v) is 9.66. The van der Waals surface area contributed by atoms with Crippen molar-refractivity contribution in [2.24, 2.45) is 17.6 Å². The maximum absolute atomic E-state index is 12.8. The minimum atomic E-state index is -0.145. The van der Waals surface area contributed by atoms with Gasteiger partial charge in [0.25, 0.3) is 0 Å². The third-order valence-corrected chi connectivity index (χ3v) is 3.77. The Morgan fingerprint density at radius 1 is 1.12 bits per heavy atom. The molecule has 2 atom stereocenters. The molecule has 2 heteroatoms. The molecule has 1 aromatic carbocycles. The number of nitrogens with two attached hydrogens (primary N) is 1. The third kappa shape index (κ3) is 2.82. The molecule has 1 fully saturated rings. The molecule has 0 aliphatic heterocycles. The lowest BCUT2D eigenvalue weighted by Crippen LogP contribution is -2.15. The number of halogens is 1. The Morgan fingerprint density at radius 2 is 1.81 bits per heavy atom. The van der Waals surface area contributed by atoms with Gasteiger partial charge in [-0.05, 0) is 55.3 Å². The molecule has 0 spiro atoms. The van der Waals surface area contributed by atoms with Crippen LogP contribution in [0.1, 0.15) is 31.2 Å². The Balaban J connectivity index is 1.95. The first-order chi connectivity index (χ1) is 7.79. The van der Waals surface area contributed by atoms with E-state index in [2.05, 4.69) is 0 Å². The van der Waals surface area contributed by atoms with Gasteiger partial charge in [0, 0.05) is 0 Å². The lowest BCUT2D eigenvalue weighted by molar-refractivity contribution is 0.367. The van der Waals surface area contributed by atoms with Crippen molar-refractivity contribution in [2.45, 2.75) is 32.1 Å². The molecule has 0 heterocycles. The zero-order valence-electron chi connectivity index (χ0n) is 9.66. The summed E-state index contributed by atoms with van der Waals surface area (Å²) in [6.45, 7) is 0.796. The summed E-state index contributed by atoms with van der Waals surface area (Å²) < 4.78 is 12.8. The monoisotopic (exact) mass is 221 g/mol. The van der Waals surface area contributed by atoms with Crippen molar-refractivity contribution in [3.63, 3.8) is 0 Å². The first kappa shape index (κ1) is 11.6. The first-order valence-corrected chi connectivity index (χ1v) is 6.24. The molecule has 1 aliphatic rings. The van der Waals surface area contributed by atoms with Crippen LogP contribution in [-0.4, -0.2) is 6.54 Å². The lowest BCUT2D eigenvalue weighted by Gasteiger charge is -2.18. The van der Waals surface area contributed by atoms with Crippen LogP contribution in [0.3, 0.4) is 0 Å². The maximum Gasteiger partial charge on any atom is 0.123 e. The van der Waals surface area contributed by atoms with Crippen LogP contribution < -0.4 is 5.73 Å². The van der Waals surface area contributed by atoms with Gasteiger partial charge >= 0.3 is 0 Å². The van der Waals surface area contributed by atoms with Crippen molar-refractivity contribution in [1.82, 2.24) is 0 Å². The van der Waals surface area contributed by atoms with Crippen molar-refractivity contribution in [3.8, 4) is 0 Å². The normalized spacial score (nSPS) is 24.9. The molecule has 2 unspecified atom stereocenters. The standard InChI is InChI=1S/C14H20FN/c15-14-6-4-11(5-7-14)10-13-3-1-2-12(13)8-9-16/h4-7,12-13H,1-3,8-10,16H2. The highest BCUT2D eigenvalue weighted by Gasteiger charge is 2.26. The number of hydrogen-bond acceptors (Lipinski definition) is 1. The van der Waals surface area contributed by atoms with E-state index < -0.39 is 0 Å².